The largest absolute Gasteiger partial charge is 0.416 e. The Kier molecular flexibility index (Phi) is 5.43. The highest BCUT2D eigenvalue weighted by Gasteiger charge is 2.55. The van der Waals surface area contributed by atoms with E-state index in [4.69, 9.17) is 0 Å². The lowest BCUT2D eigenvalue weighted by Gasteiger charge is -2.35. The fourth-order valence-corrected chi connectivity index (χ4v) is 4.43. The topological polar surface area (TPSA) is 87.5 Å². The zero-order chi connectivity index (χ0) is 23.1. The SMILES string of the molecule is CN1C(=O)N(CC(=O)Nc2cc(C(F)(F)F)ccc2-n2cccn2)C(=O)C12CCCCC2. The first-order chi connectivity index (χ1) is 15.1. The van der Waals surface area contributed by atoms with Crippen molar-refractivity contribution in [2.24, 2.45) is 0 Å². The third kappa shape index (κ3) is 3.71. The minimum Gasteiger partial charge on any atom is -0.323 e. The number of halogens is 3. The molecule has 0 atom stereocenters. The van der Waals surface area contributed by atoms with Crippen LogP contribution in [0.2, 0.25) is 0 Å². The van der Waals surface area contributed by atoms with Crippen molar-refractivity contribution >= 4 is 23.5 Å². The lowest BCUT2D eigenvalue weighted by Crippen LogP contribution is -2.49. The Hall–Kier alpha value is -3.37. The lowest BCUT2D eigenvalue weighted by molar-refractivity contribution is -0.137. The number of amides is 4. The van der Waals surface area contributed by atoms with Crippen molar-refractivity contribution in [3.8, 4) is 5.69 Å². The van der Waals surface area contributed by atoms with Gasteiger partial charge in [0.2, 0.25) is 5.91 Å². The number of likely N-dealkylation sites (N-methyl/N-ethyl adjacent to an activating group) is 1. The highest BCUT2D eigenvalue weighted by atomic mass is 19.4. The van der Waals surface area contributed by atoms with Crippen LogP contribution in [0.3, 0.4) is 0 Å². The summed E-state index contributed by atoms with van der Waals surface area (Å²) in [5.41, 5.74) is -1.80. The number of nitrogens with zero attached hydrogens (tertiary/aromatic N) is 4. The maximum atomic E-state index is 13.2. The Bertz CT molecular complexity index is 1050. The Morgan fingerprint density at radius 2 is 1.91 bits per heavy atom. The van der Waals surface area contributed by atoms with Crippen molar-refractivity contribution in [2.75, 3.05) is 18.9 Å². The number of carbonyl (C=O) groups excluding carboxylic acids is 3. The molecule has 170 valence electrons. The standard InChI is InChI=1S/C21H22F3N5O3/c1-27-19(32)28(18(31)20(27)8-3-2-4-9-20)13-17(30)26-15-12-14(21(22,23)24)6-7-16(15)29-11-5-10-25-29/h5-7,10-12H,2-4,8-9,13H2,1H3,(H,26,30). The van der Waals surface area contributed by atoms with E-state index in [0.29, 0.717) is 12.8 Å². The van der Waals surface area contributed by atoms with Crippen molar-refractivity contribution in [3.05, 3.63) is 42.2 Å². The van der Waals surface area contributed by atoms with Gasteiger partial charge < -0.3 is 10.2 Å². The quantitative estimate of drug-likeness (QED) is 0.725. The summed E-state index contributed by atoms with van der Waals surface area (Å²) in [5, 5.41) is 6.42. The summed E-state index contributed by atoms with van der Waals surface area (Å²) >= 11 is 0. The van der Waals surface area contributed by atoms with Gasteiger partial charge in [0.1, 0.15) is 12.1 Å². The van der Waals surface area contributed by atoms with Crippen LogP contribution < -0.4 is 5.32 Å². The summed E-state index contributed by atoms with van der Waals surface area (Å²) in [6, 6.07) is 3.90. The maximum Gasteiger partial charge on any atom is 0.416 e. The van der Waals surface area contributed by atoms with Crippen molar-refractivity contribution in [1.29, 1.82) is 0 Å². The van der Waals surface area contributed by atoms with E-state index in [1.807, 2.05) is 0 Å². The monoisotopic (exact) mass is 449 g/mol. The number of carbonyl (C=O) groups is 3. The van der Waals surface area contributed by atoms with E-state index < -0.39 is 41.7 Å². The first kappa shape index (κ1) is 21.8. The van der Waals surface area contributed by atoms with Crippen LogP contribution in [-0.4, -0.2) is 56.6 Å². The van der Waals surface area contributed by atoms with Gasteiger partial charge in [-0.25, -0.2) is 9.48 Å². The third-order valence-corrected chi connectivity index (χ3v) is 6.13. The van der Waals surface area contributed by atoms with Gasteiger partial charge in [-0.05, 0) is 37.1 Å². The molecular weight excluding hydrogens is 427 g/mol. The molecule has 1 N–H and O–H groups in total. The Balaban J connectivity index is 1.58. The fourth-order valence-electron chi connectivity index (χ4n) is 4.43. The Labute approximate surface area is 182 Å². The number of benzene rings is 1. The van der Waals surface area contributed by atoms with Gasteiger partial charge >= 0.3 is 12.2 Å². The number of nitrogens with one attached hydrogen (secondary N) is 1. The van der Waals surface area contributed by atoms with Crippen LogP contribution in [-0.2, 0) is 15.8 Å². The van der Waals surface area contributed by atoms with Crippen LogP contribution in [0, 0.1) is 0 Å². The molecule has 1 aliphatic carbocycles. The molecule has 2 aromatic rings. The zero-order valence-corrected chi connectivity index (χ0v) is 17.4. The molecule has 8 nitrogen and oxygen atoms in total. The number of alkyl halides is 3. The predicted octanol–water partition coefficient (Wildman–Crippen LogP) is 3.43. The van der Waals surface area contributed by atoms with Crippen LogP contribution in [0.25, 0.3) is 5.69 Å². The first-order valence-corrected chi connectivity index (χ1v) is 10.2. The second kappa shape index (κ2) is 7.95. The van der Waals surface area contributed by atoms with Crippen molar-refractivity contribution < 1.29 is 27.6 Å². The molecule has 1 spiro atoms. The third-order valence-electron chi connectivity index (χ3n) is 6.13. The van der Waals surface area contributed by atoms with Gasteiger partial charge in [-0.2, -0.15) is 18.3 Å². The summed E-state index contributed by atoms with van der Waals surface area (Å²) in [5.74, 6) is -1.21. The van der Waals surface area contributed by atoms with E-state index in [1.54, 1.807) is 13.1 Å². The van der Waals surface area contributed by atoms with Gasteiger partial charge in [0.05, 0.1) is 16.9 Å². The van der Waals surface area contributed by atoms with Gasteiger partial charge in [0.25, 0.3) is 5.91 Å². The van der Waals surface area contributed by atoms with Crippen LogP contribution in [0.4, 0.5) is 23.7 Å². The van der Waals surface area contributed by atoms with Crippen molar-refractivity contribution in [1.82, 2.24) is 19.6 Å². The Morgan fingerprint density at radius 1 is 1.19 bits per heavy atom. The smallest absolute Gasteiger partial charge is 0.323 e. The average Bonchev–Trinajstić information content (AvgIpc) is 3.34. The van der Waals surface area contributed by atoms with Gasteiger partial charge in [-0.1, -0.05) is 19.3 Å². The number of imide groups is 1. The van der Waals surface area contributed by atoms with Crippen molar-refractivity contribution in [3.63, 3.8) is 0 Å². The molecule has 1 saturated heterocycles. The molecule has 1 saturated carbocycles. The number of anilines is 1. The summed E-state index contributed by atoms with van der Waals surface area (Å²) in [4.78, 5) is 40.8. The normalized spacial score (nSPS) is 18.5. The van der Waals surface area contributed by atoms with E-state index in [1.165, 1.54) is 28.0 Å². The molecule has 1 aromatic heterocycles. The molecule has 4 rings (SSSR count). The molecule has 1 aromatic carbocycles. The highest BCUT2D eigenvalue weighted by Crippen LogP contribution is 2.39. The minimum atomic E-state index is -4.61. The van der Waals surface area contributed by atoms with Gasteiger partial charge in [-0.15, -0.1) is 0 Å². The predicted molar refractivity (Wildman–Crippen MR) is 108 cm³/mol. The molecule has 2 fully saturated rings. The van der Waals surface area contributed by atoms with E-state index in [9.17, 15) is 27.6 Å². The van der Waals surface area contributed by atoms with Crippen LogP contribution in [0.5, 0.6) is 0 Å². The molecule has 4 amide bonds. The zero-order valence-electron chi connectivity index (χ0n) is 17.4. The molecule has 0 radical (unpaired) electrons. The van der Waals surface area contributed by atoms with Gasteiger partial charge in [0.15, 0.2) is 0 Å². The molecule has 0 bridgehead atoms. The van der Waals surface area contributed by atoms with Gasteiger partial charge in [0, 0.05) is 19.4 Å². The summed E-state index contributed by atoms with van der Waals surface area (Å²) in [7, 11) is 1.55. The average molecular weight is 449 g/mol. The van der Waals surface area contributed by atoms with Crippen LogP contribution in [0.1, 0.15) is 37.7 Å². The Morgan fingerprint density at radius 3 is 2.53 bits per heavy atom. The van der Waals surface area contributed by atoms with Crippen LogP contribution >= 0.6 is 0 Å². The minimum absolute atomic E-state index is 0.131. The number of urea groups is 1. The molecule has 0 unspecified atom stereocenters. The van der Waals surface area contributed by atoms with E-state index in [-0.39, 0.29) is 11.4 Å². The highest BCUT2D eigenvalue weighted by molar-refractivity contribution is 6.10. The van der Waals surface area contributed by atoms with E-state index in [0.717, 1.165) is 36.3 Å². The number of hydrogen-bond donors (Lipinski definition) is 1. The van der Waals surface area contributed by atoms with E-state index in [2.05, 4.69) is 10.4 Å². The van der Waals surface area contributed by atoms with Gasteiger partial charge in [-0.3, -0.25) is 14.5 Å². The molecule has 11 heteroatoms. The molecule has 1 aliphatic heterocycles. The summed E-state index contributed by atoms with van der Waals surface area (Å²) in [6.45, 7) is -0.585. The lowest BCUT2D eigenvalue weighted by atomic mass is 9.81. The second-order valence-corrected chi connectivity index (χ2v) is 8.05. The van der Waals surface area contributed by atoms with E-state index >= 15 is 0 Å². The van der Waals surface area contributed by atoms with Crippen molar-refractivity contribution in [2.45, 2.75) is 43.8 Å². The molecular formula is C21H22F3N5O3. The first-order valence-electron chi connectivity index (χ1n) is 10.2. The molecule has 2 heterocycles. The number of rotatable bonds is 4. The molecule has 32 heavy (non-hydrogen) atoms. The molecule has 2 aliphatic rings. The number of hydrogen-bond acceptors (Lipinski definition) is 4. The number of aromatic nitrogens is 2. The van der Waals surface area contributed by atoms with Crippen LogP contribution in [0.15, 0.2) is 36.7 Å². The fraction of sp³-hybridized carbons (Fsp3) is 0.429. The summed E-state index contributed by atoms with van der Waals surface area (Å²) in [6.07, 6.45) is 2.01. The second-order valence-electron chi connectivity index (χ2n) is 8.05. The maximum absolute atomic E-state index is 13.2. The summed E-state index contributed by atoms with van der Waals surface area (Å²) < 4.78 is 41.0.